The quantitative estimate of drug-likeness (QED) is 0.213. The maximum absolute atomic E-state index is 15.1. The summed E-state index contributed by atoms with van der Waals surface area (Å²) in [6.07, 6.45) is 2.54. The molecule has 3 heterocycles. The van der Waals surface area contributed by atoms with Crippen LogP contribution in [0.2, 0.25) is 25.7 Å². The number of aromatic nitrogens is 2. The van der Waals surface area contributed by atoms with E-state index in [1.54, 1.807) is 27.9 Å². The van der Waals surface area contributed by atoms with Gasteiger partial charge in [0.05, 0.1) is 24.3 Å². The first-order chi connectivity index (χ1) is 18.7. The predicted octanol–water partition coefficient (Wildman–Crippen LogP) is 6.64. The lowest BCUT2D eigenvalue weighted by atomic mass is 9.91. The van der Waals surface area contributed by atoms with Crippen LogP contribution in [0.5, 0.6) is 11.5 Å². The third kappa shape index (κ3) is 6.80. The summed E-state index contributed by atoms with van der Waals surface area (Å²) >= 11 is 0. The number of carbonyl (C=O) groups excluding carboxylic acids is 1. The average molecular weight is 578 g/mol. The molecule has 0 radical (unpaired) electrons. The van der Waals surface area contributed by atoms with Crippen molar-refractivity contribution >= 4 is 30.9 Å². The molecule has 4 rings (SSSR count). The molecule has 3 aromatic rings. The molecule has 218 valence electrons. The van der Waals surface area contributed by atoms with Gasteiger partial charge in [-0.25, -0.2) is 18.6 Å². The van der Waals surface area contributed by atoms with E-state index in [2.05, 4.69) is 29.9 Å². The van der Waals surface area contributed by atoms with Crippen LogP contribution in [-0.2, 0) is 31.3 Å². The second kappa shape index (κ2) is 11.4. The minimum Gasteiger partial charge on any atom is -0.450 e. The number of amides is 1. The van der Waals surface area contributed by atoms with E-state index in [1.165, 1.54) is 12.3 Å². The number of methoxy groups -OCH3 is 1. The number of hydrogen-bond donors (Lipinski definition) is 1. The van der Waals surface area contributed by atoms with Crippen LogP contribution in [0.3, 0.4) is 0 Å². The molecular formula is C28H37F2N3O6Si. The van der Waals surface area contributed by atoms with Crippen LogP contribution in [0.25, 0.3) is 11.0 Å². The molecule has 40 heavy (non-hydrogen) atoms. The number of pyridine rings is 1. The largest absolute Gasteiger partial charge is 0.450 e. The third-order valence-electron chi connectivity index (χ3n) is 6.35. The van der Waals surface area contributed by atoms with Crippen molar-refractivity contribution in [1.29, 1.82) is 0 Å². The number of halogens is 2. The van der Waals surface area contributed by atoms with E-state index in [1.807, 2.05) is 10.8 Å². The van der Waals surface area contributed by atoms with E-state index < -0.39 is 42.8 Å². The van der Waals surface area contributed by atoms with Crippen molar-refractivity contribution in [2.45, 2.75) is 64.4 Å². The van der Waals surface area contributed by atoms with Crippen LogP contribution >= 0.6 is 0 Å². The Morgan fingerprint density at radius 2 is 1.88 bits per heavy atom. The summed E-state index contributed by atoms with van der Waals surface area (Å²) in [7, 11) is 0.315. The van der Waals surface area contributed by atoms with Crippen molar-refractivity contribution < 1.29 is 37.3 Å². The molecule has 0 unspecified atom stereocenters. The maximum atomic E-state index is 15.1. The second-order valence-electron chi connectivity index (χ2n) is 12.1. The molecule has 12 heteroatoms. The SMILES string of the molecule is COC1(c2cn(COCC[Si](C)(C)C)c3nccc(Oc4c(F)cc(NC(=O)OC(C)(C)C)cc4F)c23)COC1. The van der Waals surface area contributed by atoms with Crippen LogP contribution in [0.15, 0.2) is 30.6 Å². The zero-order chi connectivity index (χ0) is 29.3. The first-order valence-electron chi connectivity index (χ1n) is 13.1. The van der Waals surface area contributed by atoms with Crippen molar-refractivity contribution in [3.05, 3.63) is 47.8 Å². The maximum Gasteiger partial charge on any atom is 0.412 e. The van der Waals surface area contributed by atoms with Gasteiger partial charge in [-0.3, -0.25) is 5.32 Å². The fraction of sp³-hybridized carbons (Fsp3) is 0.500. The zero-order valence-electron chi connectivity index (χ0n) is 24.0. The minimum absolute atomic E-state index is 0.108. The van der Waals surface area contributed by atoms with Crippen LogP contribution in [-0.4, -0.2) is 56.2 Å². The van der Waals surface area contributed by atoms with Crippen LogP contribution in [0.1, 0.15) is 26.3 Å². The van der Waals surface area contributed by atoms with E-state index in [9.17, 15) is 4.79 Å². The number of rotatable bonds is 10. The zero-order valence-corrected chi connectivity index (χ0v) is 25.0. The number of carbonyl (C=O) groups is 1. The van der Waals surface area contributed by atoms with Gasteiger partial charge in [-0.2, -0.15) is 0 Å². The van der Waals surface area contributed by atoms with E-state index in [4.69, 9.17) is 23.7 Å². The third-order valence-corrected chi connectivity index (χ3v) is 8.06. The molecule has 0 saturated carbocycles. The lowest BCUT2D eigenvalue weighted by Crippen LogP contribution is -2.48. The van der Waals surface area contributed by atoms with Crippen molar-refractivity contribution in [2.24, 2.45) is 0 Å². The molecule has 0 atom stereocenters. The average Bonchev–Trinajstić information content (AvgIpc) is 3.16. The summed E-state index contributed by atoms with van der Waals surface area (Å²) < 4.78 is 60.4. The summed E-state index contributed by atoms with van der Waals surface area (Å²) in [5.41, 5.74) is -0.398. The van der Waals surface area contributed by atoms with E-state index in [0.29, 0.717) is 30.9 Å². The molecule has 9 nitrogen and oxygen atoms in total. The fourth-order valence-electron chi connectivity index (χ4n) is 4.19. The Morgan fingerprint density at radius 1 is 1.20 bits per heavy atom. The molecule has 0 spiro atoms. The molecule has 1 aromatic carbocycles. The van der Waals surface area contributed by atoms with Gasteiger partial charge >= 0.3 is 6.09 Å². The number of nitrogens with one attached hydrogen (secondary N) is 1. The van der Waals surface area contributed by atoms with Gasteiger partial charge in [0.2, 0.25) is 0 Å². The standard InChI is InChI=1S/C28H37F2N3O6Si/c1-27(2,3)39-26(34)32-18-12-20(29)24(21(30)13-18)38-22-8-9-31-25-23(22)19(28(35-4)15-37-16-28)14-33(25)17-36-10-11-40(5,6)7/h8-9,12-14H,10-11,15-17H2,1-7H3,(H,32,34). The molecule has 1 saturated heterocycles. The van der Waals surface area contributed by atoms with Crippen LogP contribution in [0.4, 0.5) is 19.3 Å². The molecule has 1 N–H and O–H groups in total. The number of hydrogen-bond acceptors (Lipinski definition) is 7. The molecule has 0 bridgehead atoms. The van der Waals surface area contributed by atoms with Crippen LogP contribution < -0.4 is 10.1 Å². The minimum atomic E-state index is -1.27. The molecule has 0 aliphatic carbocycles. The van der Waals surface area contributed by atoms with Gasteiger partial charge in [0, 0.05) is 51.9 Å². The normalized spacial score (nSPS) is 15.1. The summed E-state index contributed by atoms with van der Waals surface area (Å²) in [5, 5.41) is 2.88. The Kier molecular flexibility index (Phi) is 8.55. The second-order valence-corrected chi connectivity index (χ2v) is 17.7. The Balaban J connectivity index is 1.66. The van der Waals surface area contributed by atoms with Crippen molar-refractivity contribution in [2.75, 3.05) is 32.2 Å². The highest BCUT2D eigenvalue weighted by Gasteiger charge is 2.44. The van der Waals surface area contributed by atoms with Crippen molar-refractivity contribution in [1.82, 2.24) is 9.55 Å². The highest BCUT2D eigenvalue weighted by molar-refractivity contribution is 6.76. The summed E-state index contributed by atoms with van der Waals surface area (Å²) in [6, 6.07) is 4.48. The van der Waals surface area contributed by atoms with E-state index >= 15 is 8.78 Å². The topological polar surface area (TPSA) is 93.1 Å². The molecular weight excluding hydrogens is 540 g/mol. The van der Waals surface area contributed by atoms with Gasteiger partial charge in [-0.15, -0.1) is 0 Å². The molecule has 1 aliphatic rings. The number of benzene rings is 1. The van der Waals surface area contributed by atoms with Gasteiger partial charge in [0.15, 0.2) is 17.4 Å². The Labute approximate surface area is 233 Å². The Bertz CT molecular complexity index is 1350. The number of ether oxygens (including phenoxy) is 5. The van der Waals surface area contributed by atoms with E-state index in [0.717, 1.165) is 23.7 Å². The lowest BCUT2D eigenvalue weighted by molar-refractivity contribution is -0.201. The first-order valence-corrected chi connectivity index (χ1v) is 16.8. The summed E-state index contributed by atoms with van der Waals surface area (Å²) in [6.45, 7) is 13.4. The smallest absolute Gasteiger partial charge is 0.412 e. The van der Waals surface area contributed by atoms with E-state index in [-0.39, 0.29) is 18.2 Å². The molecule has 1 fully saturated rings. The van der Waals surface area contributed by atoms with Gasteiger partial charge in [0.25, 0.3) is 0 Å². The number of fused-ring (bicyclic) bond motifs is 1. The number of anilines is 1. The van der Waals surface area contributed by atoms with Crippen molar-refractivity contribution in [3.63, 3.8) is 0 Å². The van der Waals surface area contributed by atoms with Crippen LogP contribution in [0, 0.1) is 11.6 Å². The van der Waals surface area contributed by atoms with Gasteiger partial charge in [-0.05, 0) is 32.9 Å². The highest BCUT2D eigenvalue weighted by atomic mass is 28.3. The predicted molar refractivity (Wildman–Crippen MR) is 150 cm³/mol. The molecule has 2 aromatic heterocycles. The summed E-state index contributed by atoms with van der Waals surface area (Å²) in [4.78, 5) is 16.6. The van der Waals surface area contributed by atoms with Gasteiger partial charge in [-0.1, -0.05) is 19.6 Å². The highest BCUT2D eigenvalue weighted by Crippen LogP contribution is 2.43. The molecule has 1 amide bonds. The number of nitrogens with zero attached hydrogens (tertiary/aromatic N) is 2. The monoisotopic (exact) mass is 577 g/mol. The Hall–Kier alpha value is -3.06. The Morgan fingerprint density at radius 3 is 2.42 bits per heavy atom. The van der Waals surface area contributed by atoms with Gasteiger partial charge in [0.1, 0.15) is 29.3 Å². The first kappa shape index (κ1) is 29.9. The van der Waals surface area contributed by atoms with Gasteiger partial charge < -0.3 is 28.3 Å². The fourth-order valence-corrected chi connectivity index (χ4v) is 4.94. The lowest BCUT2D eigenvalue weighted by Gasteiger charge is -2.40. The molecule has 1 aliphatic heterocycles. The van der Waals surface area contributed by atoms with Crippen molar-refractivity contribution in [3.8, 4) is 11.5 Å². The summed E-state index contributed by atoms with van der Waals surface area (Å²) in [5.74, 6) is -2.43.